The van der Waals surface area contributed by atoms with E-state index in [0.29, 0.717) is 24.4 Å². The molecular formula is C27H37N5O. The van der Waals surface area contributed by atoms with Crippen molar-refractivity contribution >= 4 is 16.8 Å². The molecule has 1 amide bonds. The first-order valence-corrected chi connectivity index (χ1v) is 12.2. The van der Waals surface area contributed by atoms with E-state index < -0.39 is 0 Å². The van der Waals surface area contributed by atoms with Crippen LogP contribution in [0.4, 0.5) is 0 Å². The molecule has 0 spiro atoms. The lowest BCUT2D eigenvalue weighted by molar-refractivity contribution is 0.0950. The number of nitrogens with one attached hydrogen (secondary N) is 1. The summed E-state index contributed by atoms with van der Waals surface area (Å²) in [5.41, 5.74) is 6.38. The minimum atomic E-state index is -0.00856. The summed E-state index contributed by atoms with van der Waals surface area (Å²) >= 11 is 0. The van der Waals surface area contributed by atoms with Gasteiger partial charge in [-0.2, -0.15) is 5.10 Å². The SMILES string of the molecule is Cc1nn(C(C)C)c(C)c1CN1CCC(c2cc(C(=O)NCC(C)C)c3ccccc3n2)C1. The molecule has 0 radical (unpaired) electrons. The van der Waals surface area contributed by atoms with Crippen molar-refractivity contribution in [2.75, 3.05) is 19.6 Å². The summed E-state index contributed by atoms with van der Waals surface area (Å²) in [6.45, 7) is 16.4. The number of hydrogen-bond acceptors (Lipinski definition) is 4. The van der Waals surface area contributed by atoms with Gasteiger partial charge in [-0.25, -0.2) is 0 Å². The van der Waals surface area contributed by atoms with Crippen LogP contribution in [-0.2, 0) is 6.54 Å². The van der Waals surface area contributed by atoms with E-state index in [1.807, 2.05) is 30.3 Å². The zero-order chi connectivity index (χ0) is 23.7. The molecule has 0 bridgehead atoms. The van der Waals surface area contributed by atoms with E-state index in [1.54, 1.807) is 0 Å². The first-order chi connectivity index (χ1) is 15.7. The summed E-state index contributed by atoms with van der Waals surface area (Å²) < 4.78 is 2.13. The number of benzene rings is 1. The smallest absolute Gasteiger partial charge is 0.252 e. The van der Waals surface area contributed by atoms with Crippen LogP contribution in [0.5, 0.6) is 0 Å². The topological polar surface area (TPSA) is 63.1 Å². The van der Waals surface area contributed by atoms with E-state index in [1.165, 1.54) is 11.3 Å². The van der Waals surface area contributed by atoms with E-state index in [0.717, 1.165) is 53.9 Å². The Morgan fingerprint density at radius 2 is 1.94 bits per heavy atom. The molecule has 6 nitrogen and oxygen atoms in total. The zero-order valence-corrected chi connectivity index (χ0v) is 20.9. The van der Waals surface area contributed by atoms with Crippen molar-refractivity contribution in [3.8, 4) is 0 Å². The van der Waals surface area contributed by atoms with Crippen LogP contribution in [0.15, 0.2) is 30.3 Å². The van der Waals surface area contributed by atoms with Crippen molar-refractivity contribution < 1.29 is 4.79 Å². The molecule has 0 saturated carbocycles. The standard InChI is InChI=1S/C27H37N5O/c1-17(2)14-28-27(33)23-13-26(29-25-10-8-7-9-22(23)25)21-11-12-31(15-21)16-24-19(5)30-32(18(3)4)20(24)6/h7-10,13,17-18,21H,11-12,14-16H2,1-6H3,(H,28,33). The summed E-state index contributed by atoms with van der Waals surface area (Å²) in [4.78, 5) is 20.5. The lowest BCUT2D eigenvalue weighted by atomic mass is 9.99. The number of carbonyl (C=O) groups excluding carboxylic acids is 1. The fourth-order valence-corrected chi connectivity index (χ4v) is 4.85. The highest BCUT2D eigenvalue weighted by Gasteiger charge is 2.28. The Morgan fingerprint density at radius 1 is 1.18 bits per heavy atom. The maximum absolute atomic E-state index is 13.0. The zero-order valence-electron chi connectivity index (χ0n) is 20.9. The highest BCUT2D eigenvalue weighted by Crippen LogP contribution is 2.31. The number of para-hydroxylation sites is 1. The molecule has 1 atom stereocenters. The number of pyridine rings is 1. The Morgan fingerprint density at radius 3 is 2.64 bits per heavy atom. The molecule has 3 aromatic rings. The Labute approximate surface area is 197 Å². The number of carbonyl (C=O) groups is 1. The summed E-state index contributed by atoms with van der Waals surface area (Å²) in [6.07, 6.45) is 1.05. The normalized spacial score (nSPS) is 16.9. The van der Waals surface area contributed by atoms with Gasteiger partial charge >= 0.3 is 0 Å². The van der Waals surface area contributed by atoms with Crippen LogP contribution in [-0.4, -0.2) is 45.2 Å². The third kappa shape index (κ3) is 4.96. The lowest BCUT2D eigenvalue weighted by Gasteiger charge is -2.18. The van der Waals surface area contributed by atoms with Crippen molar-refractivity contribution in [1.82, 2.24) is 25.0 Å². The third-order valence-electron chi connectivity index (χ3n) is 6.69. The van der Waals surface area contributed by atoms with Crippen molar-refractivity contribution in [3.63, 3.8) is 0 Å². The van der Waals surface area contributed by atoms with Crippen LogP contribution in [0, 0.1) is 19.8 Å². The number of fused-ring (bicyclic) bond motifs is 1. The molecule has 1 aromatic carbocycles. The predicted octanol–water partition coefficient (Wildman–Crippen LogP) is 5.00. The molecule has 1 N–H and O–H groups in total. The van der Waals surface area contributed by atoms with E-state index in [-0.39, 0.29) is 5.91 Å². The molecule has 1 fully saturated rings. The number of hydrogen-bond donors (Lipinski definition) is 1. The number of aryl methyl sites for hydroxylation is 1. The second-order valence-electron chi connectivity index (χ2n) is 10.1. The van der Waals surface area contributed by atoms with Crippen LogP contribution >= 0.6 is 0 Å². The summed E-state index contributed by atoms with van der Waals surface area (Å²) in [5, 5.41) is 8.77. The van der Waals surface area contributed by atoms with Gasteiger partial charge in [-0.3, -0.25) is 19.4 Å². The molecule has 2 aromatic heterocycles. The summed E-state index contributed by atoms with van der Waals surface area (Å²) in [5.74, 6) is 0.731. The van der Waals surface area contributed by atoms with Gasteiger partial charge < -0.3 is 5.32 Å². The van der Waals surface area contributed by atoms with Crippen molar-refractivity contribution in [3.05, 3.63) is 58.5 Å². The minimum absolute atomic E-state index is 0.00856. The van der Waals surface area contributed by atoms with E-state index in [9.17, 15) is 4.79 Å². The monoisotopic (exact) mass is 447 g/mol. The van der Waals surface area contributed by atoms with E-state index in [2.05, 4.69) is 56.4 Å². The molecule has 33 heavy (non-hydrogen) atoms. The Hall–Kier alpha value is -2.73. The lowest BCUT2D eigenvalue weighted by Crippen LogP contribution is -2.28. The van der Waals surface area contributed by atoms with E-state index in [4.69, 9.17) is 10.1 Å². The van der Waals surface area contributed by atoms with Gasteiger partial charge in [-0.05, 0) is 58.7 Å². The third-order valence-corrected chi connectivity index (χ3v) is 6.69. The van der Waals surface area contributed by atoms with Gasteiger partial charge in [0.05, 0.1) is 16.8 Å². The summed E-state index contributed by atoms with van der Waals surface area (Å²) in [6, 6.07) is 10.4. The average Bonchev–Trinajstić information content (AvgIpc) is 3.37. The number of amides is 1. The first-order valence-electron chi connectivity index (χ1n) is 12.2. The predicted molar refractivity (Wildman–Crippen MR) is 134 cm³/mol. The van der Waals surface area contributed by atoms with Crippen molar-refractivity contribution in [1.29, 1.82) is 0 Å². The Kier molecular flexibility index (Phi) is 6.84. The minimum Gasteiger partial charge on any atom is -0.352 e. The van der Waals surface area contributed by atoms with E-state index >= 15 is 0 Å². The van der Waals surface area contributed by atoms with Crippen LogP contribution in [0.25, 0.3) is 10.9 Å². The molecule has 4 rings (SSSR count). The molecule has 1 saturated heterocycles. The first kappa shape index (κ1) is 23.4. The molecule has 1 aliphatic heterocycles. The molecule has 3 heterocycles. The van der Waals surface area contributed by atoms with Crippen LogP contribution in [0.3, 0.4) is 0 Å². The fourth-order valence-electron chi connectivity index (χ4n) is 4.85. The fraction of sp³-hybridized carbons (Fsp3) is 0.519. The second kappa shape index (κ2) is 9.64. The highest BCUT2D eigenvalue weighted by atomic mass is 16.1. The van der Waals surface area contributed by atoms with Crippen LogP contribution in [0.1, 0.15) is 79.1 Å². The van der Waals surface area contributed by atoms with Gasteiger partial charge in [0.1, 0.15) is 0 Å². The molecular weight excluding hydrogens is 410 g/mol. The van der Waals surface area contributed by atoms with Gasteiger partial charge in [0, 0.05) is 53.9 Å². The van der Waals surface area contributed by atoms with Gasteiger partial charge in [-0.15, -0.1) is 0 Å². The molecule has 0 aliphatic carbocycles. The van der Waals surface area contributed by atoms with Gasteiger partial charge in [0.2, 0.25) is 0 Å². The van der Waals surface area contributed by atoms with Crippen molar-refractivity contribution in [2.45, 2.75) is 66.5 Å². The second-order valence-corrected chi connectivity index (χ2v) is 10.1. The number of nitrogens with zero attached hydrogens (tertiary/aromatic N) is 4. The Balaban J connectivity index is 1.56. The average molecular weight is 448 g/mol. The maximum Gasteiger partial charge on any atom is 0.252 e. The van der Waals surface area contributed by atoms with Crippen molar-refractivity contribution in [2.24, 2.45) is 5.92 Å². The molecule has 1 aliphatic rings. The van der Waals surface area contributed by atoms with Crippen LogP contribution in [0.2, 0.25) is 0 Å². The highest BCUT2D eigenvalue weighted by molar-refractivity contribution is 6.06. The quantitative estimate of drug-likeness (QED) is 0.553. The Bertz CT molecular complexity index is 1150. The maximum atomic E-state index is 13.0. The molecule has 176 valence electrons. The van der Waals surface area contributed by atoms with Gasteiger partial charge in [0.25, 0.3) is 5.91 Å². The number of aromatic nitrogens is 3. The largest absolute Gasteiger partial charge is 0.352 e. The number of rotatable bonds is 7. The summed E-state index contributed by atoms with van der Waals surface area (Å²) in [7, 11) is 0. The van der Waals surface area contributed by atoms with Crippen LogP contribution < -0.4 is 5.32 Å². The van der Waals surface area contributed by atoms with Gasteiger partial charge in [0.15, 0.2) is 0 Å². The molecule has 1 unspecified atom stereocenters. The number of likely N-dealkylation sites (tertiary alicyclic amines) is 1. The molecule has 6 heteroatoms. The van der Waals surface area contributed by atoms with Gasteiger partial charge in [-0.1, -0.05) is 32.0 Å².